The molecule has 1 aromatic heterocycles. The van der Waals surface area contributed by atoms with Crippen LogP contribution >= 0.6 is 23.2 Å². The molecule has 0 bridgehead atoms. The van der Waals surface area contributed by atoms with Crippen LogP contribution in [0.4, 0.5) is 5.69 Å². The SMILES string of the molecule is COC(=O)CCN(C)c1cc(Cl)nnc1Cl. The first kappa shape index (κ1) is 13.0. The zero-order valence-electron chi connectivity index (χ0n) is 8.91. The molecule has 1 heterocycles. The predicted octanol–water partition coefficient (Wildman–Crippen LogP) is 1.78. The summed E-state index contributed by atoms with van der Waals surface area (Å²) in [6.07, 6.45) is 0.267. The van der Waals surface area contributed by atoms with Crippen LogP contribution in [0.25, 0.3) is 0 Å². The fourth-order valence-electron chi connectivity index (χ4n) is 1.09. The van der Waals surface area contributed by atoms with Crippen molar-refractivity contribution in [3.05, 3.63) is 16.4 Å². The van der Waals surface area contributed by atoms with Gasteiger partial charge in [0.25, 0.3) is 0 Å². The second kappa shape index (κ2) is 5.86. The van der Waals surface area contributed by atoms with E-state index < -0.39 is 0 Å². The molecule has 0 atom stereocenters. The molecule has 0 saturated carbocycles. The number of rotatable bonds is 4. The molecule has 16 heavy (non-hydrogen) atoms. The van der Waals surface area contributed by atoms with Crippen LogP contribution < -0.4 is 4.90 Å². The quantitative estimate of drug-likeness (QED) is 0.776. The largest absolute Gasteiger partial charge is 0.469 e. The predicted molar refractivity (Wildman–Crippen MR) is 62.0 cm³/mol. The molecular weight excluding hydrogens is 253 g/mol. The highest BCUT2D eigenvalue weighted by Crippen LogP contribution is 2.24. The summed E-state index contributed by atoms with van der Waals surface area (Å²) in [6, 6.07) is 1.59. The normalized spacial score (nSPS) is 10.0. The van der Waals surface area contributed by atoms with E-state index in [1.54, 1.807) is 18.0 Å². The fraction of sp³-hybridized carbons (Fsp3) is 0.444. The average molecular weight is 264 g/mol. The molecule has 0 spiro atoms. The van der Waals surface area contributed by atoms with Gasteiger partial charge in [0.2, 0.25) is 0 Å². The monoisotopic (exact) mass is 263 g/mol. The number of nitrogens with zero attached hydrogens (tertiary/aromatic N) is 3. The summed E-state index contributed by atoms with van der Waals surface area (Å²) in [4.78, 5) is 12.7. The van der Waals surface area contributed by atoms with Crippen LogP contribution in [0.2, 0.25) is 10.3 Å². The van der Waals surface area contributed by atoms with Crippen molar-refractivity contribution in [3.63, 3.8) is 0 Å². The Bertz CT molecular complexity index is 387. The Kier molecular flexibility index (Phi) is 4.76. The third kappa shape index (κ3) is 3.50. The molecule has 0 unspecified atom stereocenters. The molecule has 0 amide bonds. The lowest BCUT2D eigenvalue weighted by molar-refractivity contribution is -0.140. The highest BCUT2D eigenvalue weighted by atomic mass is 35.5. The minimum absolute atomic E-state index is 0.247. The van der Waals surface area contributed by atoms with Gasteiger partial charge in [-0.2, -0.15) is 0 Å². The maximum absolute atomic E-state index is 11.0. The van der Waals surface area contributed by atoms with Gasteiger partial charge in [-0.1, -0.05) is 23.2 Å². The summed E-state index contributed by atoms with van der Waals surface area (Å²) >= 11 is 11.6. The molecule has 0 saturated heterocycles. The summed E-state index contributed by atoms with van der Waals surface area (Å²) in [5, 5.41) is 7.77. The highest BCUT2D eigenvalue weighted by Gasteiger charge is 2.10. The minimum Gasteiger partial charge on any atom is -0.469 e. The van der Waals surface area contributed by atoms with E-state index in [0.29, 0.717) is 12.2 Å². The van der Waals surface area contributed by atoms with Gasteiger partial charge >= 0.3 is 5.97 Å². The number of anilines is 1. The van der Waals surface area contributed by atoms with Crippen LogP contribution in [0.3, 0.4) is 0 Å². The third-order valence-corrected chi connectivity index (χ3v) is 2.44. The number of hydrogen-bond acceptors (Lipinski definition) is 5. The van der Waals surface area contributed by atoms with Gasteiger partial charge in [-0.3, -0.25) is 4.79 Å². The fourth-order valence-corrected chi connectivity index (χ4v) is 1.47. The molecule has 0 fully saturated rings. The maximum atomic E-state index is 11.0. The standard InChI is InChI=1S/C9H11Cl2N3O2/c1-14(4-3-8(15)16-2)6-5-7(10)12-13-9(6)11/h5H,3-4H2,1-2H3. The van der Waals surface area contributed by atoms with E-state index in [9.17, 15) is 4.79 Å². The molecule has 7 heteroatoms. The zero-order chi connectivity index (χ0) is 12.1. The van der Waals surface area contributed by atoms with Crippen molar-refractivity contribution in [1.82, 2.24) is 10.2 Å². The molecule has 0 N–H and O–H groups in total. The van der Waals surface area contributed by atoms with Crippen molar-refractivity contribution in [2.24, 2.45) is 0 Å². The van der Waals surface area contributed by atoms with Crippen molar-refractivity contribution < 1.29 is 9.53 Å². The Hall–Kier alpha value is -1.07. The Labute approximate surface area is 103 Å². The Morgan fingerprint density at radius 3 is 2.81 bits per heavy atom. The topological polar surface area (TPSA) is 55.3 Å². The summed E-state index contributed by atoms with van der Waals surface area (Å²) in [7, 11) is 3.13. The summed E-state index contributed by atoms with van der Waals surface area (Å²) in [6.45, 7) is 0.467. The first-order chi connectivity index (χ1) is 7.54. The number of ether oxygens (including phenoxy) is 1. The van der Waals surface area contributed by atoms with Crippen molar-refractivity contribution >= 4 is 34.9 Å². The molecule has 0 radical (unpaired) electrons. The van der Waals surface area contributed by atoms with Gasteiger partial charge in [0.05, 0.1) is 19.2 Å². The lowest BCUT2D eigenvalue weighted by atomic mass is 10.3. The van der Waals surface area contributed by atoms with Gasteiger partial charge in [-0.25, -0.2) is 0 Å². The molecule has 1 aromatic rings. The van der Waals surface area contributed by atoms with Crippen LogP contribution in [0.15, 0.2) is 6.07 Å². The van der Waals surface area contributed by atoms with E-state index in [4.69, 9.17) is 23.2 Å². The number of halogens is 2. The van der Waals surface area contributed by atoms with E-state index in [2.05, 4.69) is 14.9 Å². The van der Waals surface area contributed by atoms with Gasteiger partial charge in [-0.15, -0.1) is 10.2 Å². The van der Waals surface area contributed by atoms with E-state index in [1.165, 1.54) is 7.11 Å². The maximum Gasteiger partial charge on any atom is 0.307 e. The molecule has 88 valence electrons. The second-order valence-corrected chi connectivity index (χ2v) is 3.84. The third-order valence-electron chi connectivity index (χ3n) is 1.99. The smallest absolute Gasteiger partial charge is 0.307 e. The highest BCUT2D eigenvalue weighted by molar-refractivity contribution is 6.33. The van der Waals surface area contributed by atoms with E-state index in [-0.39, 0.29) is 22.7 Å². The molecule has 1 rings (SSSR count). The summed E-state index contributed by atoms with van der Waals surface area (Å²) < 4.78 is 4.54. The average Bonchev–Trinajstić information content (AvgIpc) is 2.28. The number of carbonyl (C=O) groups excluding carboxylic acids is 1. The summed E-state index contributed by atoms with van der Waals surface area (Å²) in [5.41, 5.74) is 0.630. The van der Waals surface area contributed by atoms with Gasteiger partial charge in [0.15, 0.2) is 10.3 Å². The van der Waals surface area contributed by atoms with Crippen LogP contribution in [0, 0.1) is 0 Å². The first-order valence-electron chi connectivity index (χ1n) is 4.51. The van der Waals surface area contributed by atoms with Crippen LogP contribution in [0.5, 0.6) is 0 Å². The van der Waals surface area contributed by atoms with Crippen molar-refractivity contribution in [2.75, 3.05) is 25.6 Å². The van der Waals surface area contributed by atoms with E-state index in [0.717, 1.165) is 0 Å². The van der Waals surface area contributed by atoms with Gasteiger partial charge in [0, 0.05) is 19.7 Å². The van der Waals surface area contributed by atoms with Crippen molar-refractivity contribution in [2.45, 2.75) is 6.42 Å². The minimum atomic E-state index is -0.281. The van der Waals surface area contributed by atoms with Gasteiger partial charge in [-0.05, 0) is 0 Å². The van der Waals surface area contributed by atoms with E-state index >= 15 is 0 Å². The number of aromatic nitrogens is 2. The zero-order valence-corrected chi connectivity index (χ0v) is 10.4. The van der Waals surface area contributed by atoms with Crippen LogP contribution in [0.1, 0.15) is 6.42 Å². The lowest BCUT2D eigenvalue weighted by Crippen LogP contribution is -2.22. The van der Waals surface area contributed by atoms with E-state index in [1.807, 2.05) is 0 Å². The van der Waals surface area contributed by atoms with Gasteiger partial charge in [0.1, 0.15) is 0 Å². The number of carbonyl (C=O) groups is 1. The molecule has 0 aliphatic carbocycles. The number of methoxy groups -OCH3 is 1. The Morgan fingerprint density at radius 1 is 1.50 bits per heavy atom. The molecule has 5 nitrogen and oxygen atoms in total. The van der Waals surface area contributed by atoms with Crippen LogP contribution in [-0.4, -0.2) is 36.9 Å². The summed E-state index contributed by atoms with van der Waals surface area (Å²) in [5.74, 6) is -0.281. The van der Waals surface area contributed by atoms with Gasteiger partial charge < -0.3 is 9.64 Å². The molecule has 0 aliphatic heterocycles. The Morgan fingerprint density at radius 2 is 2.19 bits per heavy atom. The van der Waals surface area contributed by atoms with Crippen LogP contribution in [-0.2, 0) is 9.53 Å². The first-order valence-corrected chi connectivity index (χ1v) is 5.27. The number of hydrogen-bond donors (Lipinski definition) is 0. The molecule has 0 aromatic carbocycles. The Balaban J connectivity index is 2.68. The molecular formula is C9H11Cl2N3O2. The number of esters is 1. The lowest BCUT2D eigenvalue weighted by Gasteiger charge is -2.18. The molecule has 0 aliphatic rings. The van der Waals surface area contributed by atoms with Crippen molar-refractivity contribution in [3.8, 4) is 0 Å². The second-order valence-electron chi connectivity index (χ2n) is 3.09. The van der Waals surface area contributed by atoms with Crippen molar-refractivity contribution in [1.29, 1.82) is 0 Å².